The van der Waals surface area contributed by atoms with Crippen LogP contribution in [-0.2, 0) is 11.3 Å². The minimum atomic E-state index is -0.480. The third-order valence-corrected chi connectivity index (χ3v) is 3.32. The second-order valence-corrected chi connectivity index (χ2v) is 5.18. The molecule has 21 heavy (non-hydrogen) atoms. The number of hydrogen-bond acceptors (Lipinski definition) is 4. The minimum Gasteiger partial charge on any atom is -0.487 e. The number of anilines is 1. The fourth-order valence-electron chi connectivity index (χ4n) is 1.73. The Kier molecular flexibility index (Phi) is 4.80. The highest BCUT2D eigenvalue weighted by atomic mass is 79.9. The molecule has 0 aliphatic rings. The van der Waals surface area contributed by atoms with Crippen molar-refractivity contribution in [1.82, 2.24) is 0 Å². The van der Waals surface area contributed by atoms with Gasteiger partial charge >= 0.3 is 5.97 Å². The van der Waals surface area contributed by atoms with Crippen molar-refractivity contribution >= 4 is 27.6 Å². The Balaban J connectivity index is 2.13. The maximum Gasteiger partial charge on any atom is 0.337 e. The first-order valence-corrected chi connectivity index (χ1v) is 6.85. The summed E-state index contributed by atoms with van der Waals surface area (Å²) >= 11 is 3.27. The molecule has 0 amide bonds. The van der Waals surface area contributed by atoms with Crippen LogP contribution in [0.25, 0.3) is 0 Å². The van der Waals surface area contributed by atoms with E-state index in [1.807, 2.05) is 0 Å². The van der Waals surface area contributed by atoms with Crippen molar-refractivity contribution in [2.45, 2.75) is 6.61 Å². The SMILES string of the molecule is COC(=O)c1ccc(OCc2cc(Br)ccc2F)c(N)c1. The van der Waals surface area contributed by atoms with Crippen LogP contribution in [0.3, 0.4) is 0 Å². The van der Waals surface area contributed by atoms with E-state index >= 15 is 0 Å². The number of rotatable bonds is 4. The number of carbonyl (C=O) groups excluding carboxylic acids is 1. The summed E-state index contributed by atoms with van der Waals surface area (Å²) in [7, 11) is 1.29. The summed E-state index contributed by atoms with van der Waals surface area (Å²) in [6.45, 7) is 0.0348. The summed E-state index contributed by atoms with van der Waals surface area (Å²) in [6.07, 6.45) is 0. The van der Waals surface area contributed by atoms with E-state index in [4.69, 9.17) is 10.5 Å². The van der Waals surface area contributed by atoms with Crippen LogP contribution < -0.4 is 10.5 Å². The monoisotopic (exact) mass is 353 g/mol. The normalized spacial score (nSPS) is 10.2. The molecule has 0 saturated heterocycles. The van der Waals surface area contributed by atoms with Crippen LogP contribution in [0.2, 0.25) is 0 Å². The van der Waals surface area contributed by atoms with Crippen LogP contribution in [0.5, 0.6) is 5.75 Å². The average molecular weight is 354 g/mol. The lowest BCUT2D eigenvalue weighted by Gasteiger charge is -2.11. The topological polar surface area (TPSA) is 61.5 Å². The molecule has 0 aromatic heterocycles. The number of hydrogen-bond donors (Lipinski definition) is 1. The van der Waals surface area contributed by atoms with Crippen molar-refractivity contribution in [3.63, 3.8) is 0 Å². The Morgan fingerprint density at radius 3 is 2.71 bits per heavy atom. The van der Waals surface area contributed by atoms with E-state index in [9.17, 15) is 9.18 Å². The molecule has 0 saturated carbocycles. The fraction of sp³-hybridized carbons (Fsp3) is 0.133. The van der Waals surface area contributed by atoms with Gasteiger partial charge in [0.05, 0.1) is 18.4 Å². The number of methoxy groups -OCH3 is 1. The Morgan fingerprint density at radius 1 is 1.29 bits per heavy atom. The van der Waals surface area contributed by atoms with Gasteiger partial charge in [-0.05, 0) is 36.4 Å². The van der Waals surface area contributed by atoms with Crippen LogP contribution in [0, 0.1) is 5.82 Å². The van der Waals surface area contributed by atoms with Gasteiger partial charge < -0.3 is 15.2 Å². The lowest BCUT2D eigenvalue weighted by atomic mass is 10.2. The highest BCUT2D eigenvalue weighted by molar-refractivity contribution is 9.10. The number of nitrogen functional groups attached to an aromatic ring is 1. The number of benzene rings is 2. The Morgan fingerprint density at radius 2 is 2.05 bits per heavy atom. The molecule has 2 rings (SSSR count). The first-order chi connectivity index (χ1) is 10.0. The van der Waals surface area contributed by atoms with Crippen molar-refractivity contribution in [3.05, 3.63) is 57.8 Å². The van der Waals surface area contributed by atoms with Crippen LogP contribution in [0.1, 0.15) is 15.9 Å². The number of esters is 1. The van der Waals surface area contributed by atoms with Crippen molar-refractivity contribution in [3.8, 4) is 5.75 Å². The molecule has 2 N–H and O–H groups in total. The molecule has 0 aliphatic carbocycles. The highest BCUT2D eigenvalue weighted by Crippen LogP contribution is 2.25. The number of nitrogens with two attached hydrogens (primary N) is 1. The van der Waals surface area contributed by atoms with Gasteiger partial charge in [-0.3, -0.25) is 0 Å². The second kappa shape index (κ2) is 6.58. The molecule has 2 aromatic rings. The predicted molar refractivity (Wildman–Crippen MR) is 80.6 cm³/mol. The van der Waals surface area contributed by atoms with E-state index < -0.39 is 5.97 Å². The van der Waals surface area contributed by atoms with Gasteiger partial charge in [0.25, 0.3) is 0 Å². The highest BCUT2D eigenvalue weighted by Gasteiger charge is 2.10. The molecule has 4 nitrogen and oxygen atoms in total. The summed E-state index contributed by atoms with van der Waals surface area (Å²) in [5.41, 5.74) is 6.83. The Labute approximate surface area is 129 Å². The molecule has 0 unspecified atom stereocenters. The van der Waals surface area contributed by atoms with Crippen molar-refractivity contribution < 1.29 is 18.7 Å². The van der Waals surface area contributed by atoms with Gasteiger partial charge in [0, 0.05) is 10.0 Å². The summed E-state index contributed by atoms with van der Waals surface area (Å²) in [5.74, 6) is -0.462. The van der Waals surface area contributed by atoms with Gasteiger partial charge in [-0.2, -0.15) is 0 Å². The molecule has 0 atom stereocenters. The van der Waals surface area contributed by atoms with Crippen LogP contribution >= 0.6 is 15.9 Å². The molecule has 6 heteroatoms. The summed E-state index contributed by atoms with van der Waals surface area (Å²) in [6, 6.07) is 9.14. The number of halogens is 2. The molecule has 0 heterocycles. The average Bonchev–Trinajstić information content (AvgIpc) is 2.48. The number of ether oxygens (including phenoxy) is 2. The summed E-state index contributed by atoms with van der Waals surface area (Å²) in [5, 5.41) is 0. The van der Waals surface area contributed by atoms with Gasteiger partial charge in [0.15, 0.2) is 0 Å². The van der Waals surface area contributed by atoms with Crippen LogP contribution in [0.4, 0.5) is 10.1 Å². The van der Waals surface area contributed by atoms with Crippen molar-refractivity contribution in [2.24, 2.45) is 0 Å². The van der Waals surface area contributed by atoms with Gasteiger partial charge in [-0.15, -0.1) is 0 Å². The third-order valence-electron chi connectivity index (χ3n) is 2.82. The molecule has 0 aliphatic heterocycles. The molecule has 110 valence electrons. The molecule has 0 radical (unpaired) electrons. The second-order valence-electron chi connectivity index (χ2n) is 4.27. The lowest BCUT2D eigenvalue weighted by molar-refractivity contribution is 0.0600. The molecular weight excluding hydrogens is 341 g/mol. The van der Waals surface area contributed by atoms with Crippen LogP contribution in [-0.4, -0.2) is 13.1 Å². The van der Waals surface area contributed by atoms with E-state index in [0.29, 0.717) is 16.9 Å². The van der Waals surface area contributed by atoms with E-state index in [1.165, 1.54) is 25.3 Å². The Hall–Kier alpha value is -2.08. The Bertz CT molecular complexity index is 676. The van der Waals surface area contributed by atoms with Crippen LogP contribution in [0.15, 0.2) is 40.9 Å². The fourth-order valence-corrected chi connectivity index (χ4v) is 2.14. The first-order valence-electron chi connectivity index (χ1n) is 6.06. The molecular formula is C15H13BrFNO3. The zero-order valence-electron chi connectivity index (χ0n) is 11.2. The van der Waals surface area contributed by atoms with E-state index in [1.54, 1.807) is 18.2 Å². The number of carbonyl (C=O) groups is 1. The molecule has 2 aromatic carbocycles. The maximum absolute atomic E-state index is 13.6. The minimum absolute atomic E-state index is 0.0348. The van der Waals surface area contributed by atoms with E-state index in [-0.39, 0.29) is 18.1 Å². The largest absolute Gasteiger partial charge is 0.487 e. The van der Waals surface area contributed by atoms with Gasteiger partial charge in [0.1, 0.15) is 18.2 Å². The molecule has 0 bridgehead atoms. The van der Waals surface area contributed by atoms with Crippen molar-refractivity contribution in [2.75, 3.05) is 12.8 Å². The molecule has 0 fully saturated rings. The zero-order chi connectivity index (χ0) is 15.4. The maximum atomic E-state index is 13.6. The standard InChI is InChI=1S/C15H13BrFNO3/c1-20-15(19)9-2-5-14(13(18)7-9)21-8-10-6-11(16)3-4-12(10)17/h2-7H,8,18H2,1H3. The van der Waals surface area contributed by atoms with Gasteiger partial charge in [-0.1, -0.05) is 15.9 Å². The van der Waals surface area contributed by atoms with Gasteiger partial charge in [0.2, 0.25) is 0 Å². The molecule has 0 spiro atoms. The summed E-state index contributed by atoms with van der Waals surface area (Å²) < 4.78 is 24.4. The van der Waals surface area contributed by atoms with E-state index in [0.717, 1.165) is 4.47 Å². The first kappa shape index (κ1) is 15.3. The zero-order valence-corrected chi connectivity index (χ0v) is 12.8. The quantitative estimate of drug-likeness (QED) is 0.674. The third kappa shape index (κ3) is 3.72. The van der Waals surface area contributed by atoms with E-state index in [2.05, 4.69) is 20.7 Å². The predicted octanol–water partition coefficient (Wildman–Crippen LogP) is 3.54. The smallest absolute Gasteiger partial charge is 0.337 e. The van der Waals surface area contributed by atoms with Gasteiger partial charge in [-0.25, -0.2) is 9.18 Å². The van der Waals surface area contributed by atoms with Crippen molar-refractivity contribution in [1.29, 1.82) is 0 Å². The summed E-state index contributed by atoms with van der Waals surface area (Å²) in [4.78, 5) is 11.4. The lowest BCUT2D eigenvalue weighted by Crippen LogP contribution is -2.04.